The molecular formula is C25H21ClO7. The molecule has 0 bridgehead atoms. The van der Waals surface area contributed by atoms with Crippen molar-refractivity contribution in [3.8, 4) is 22.6 Å². The molecular weight excluding hydrogens is 448 g/mol. The number of rotatable bonds is 5. The molecule has 8 heteroatoms. The van der Waals surface area contributed by atoms with E-state index in [1.54, 1.807) is 14.2 Å². The maximum atomic E-state index is 8.49. The van der Waals surface area contributed by atoms with Crippen LogP contribution in [0.5, 0.6) is 11.5 Å². The monoisotopic (exact) mass is 468 g/mol. The molecule has 7 nitrogen and oxygen atoms in total. The van der Waals surface area contributed by atoms with Gasteiger partial charge in [-0.15, -0.1) is 10.2 Å². The first-order valence-corrected chi connectivity index (χ1v) is 10.9. The number of hydrogen-bond acceptors (Lipinski definition) is 6. The topological polar surface area (TPSA) is 122 Å². The number of methoxy groups -OCH3 is 2. The van der Waals surface area contributed by atoms with Crippen molar-refractivity contribution in [1.82, 2.24) is 0 Å². The van der Waals surface area contributed by atoms with Crippen molar-refractivity contribution in [2.24, 2.45) is 0 Å². The number of ether oxygens (including phenoxy) is 2. The van der Waals surface area contributed by atoms with Gasteiger partial charge in [0.15, 0.2) is 0 Å². The molecule has 170 valence electrons. The van der Waals surface area contributed by atoms with Crippen LogP contribution in [0.2, 0.25) is 0 Å². The average Bonchev–Trinajstić information content (AvgIpc) is 2.81. The quantitative estimate of drug-likeness (QED) is 0.409. The van der Waals surface area contributed by atoms with E-state index in [9.17, 15) is 0 Å². The van der Waals surface area contributed by atoms with E-state index in [0.717, 1.165) is 44.9 Å². The van der Waals surface area contributed by atoms with Crippen LogP contribution >= 0.6 is 0 Å². The smallest absolute Gasteiger partial charge is 0.361 e. The Kier molecular flexibility index (Phi) is 8.00. The highest BCUT2D eigenvalue weighted by atomic mass is 35.7. The van der Waals surface area contributed by atoms with Gasteiger partial charge < -0.3 is 9.47 Å². The van der Waals surface area contributed by atoms with Crippen LogP contribution in [0.25, 0.3) is 34.2 Å². The van der Waals surface area contributed by atoms with Gasteiger partial charge in [0, 0.05) is 12.1 Å². The van der Waals surface area contributed by atoms with Crippen LogP contribution in [0.1, 0.15) is 11.3 Å². The van der Waals surface area contributed by atoms with E-state index in [0.29, 0.717) is 0 Å². The number of fused-ring (bicyclic) bond motifs is 1. The van der Waals surface area contributed by atoms with Crippen LogP contribution in [-0.2, 0) is 0 Å². The van der Waals surface area contributed by atoms with Gasteiger partial charge in [-0.25, -0.2) is 23.1 Å². The summed E-state index contributed by atoms with van der Waals surface area (Å²) in [5.74, 6) is 2.45. The number of benzene rings is 3. The van der Waals surface area contributed by atoms with Crippen molar-refractivity contribution in [2.75, 3.05) is 14.2 Å². The summed E-state index contributed by atoms with van der Waals surface area (Å²) >= 11 is 0. The summed E-state index contributed by atoms with van der Waals surface area (Å²) in [6.07, 6.45) is 4.05. The predicted molar refractivity (Wildman–Crippen MR) is 115 cm³/mol. The van der Waals surface area contributed by atoms with Gasteiger partial charge in [0.05, 0.1) is 25.2 Å². The fourth-order valence-corrected chi connectivity index (χ4v) is 3.11. The molecule has 3 aromatic carbocycles. The minimum Gasteiger partial charge on any atom is -0.497 e. The lowest BCUT2D eigenvalue weighted by Gasteiger charge is -2.17. The zero-order chi connectivity index (χ0) is 23.8. The minimum atomic E-state index is -4.94. The largest absolute Gasteiger partial charge is 0.497 e. The summed E-state index contributed by atoms with van der Waals surface area (Å²) in [6.45, 7) is 0. The maximum absolute atomic E-state index is 8.49. The lowest BCUT2D eigenvalue weighted by molar-refractivity contribution is -2.00. The van der Waals surface area contributed by atoms with Crippen molar-refractivity contribution in [2.45, 2.75) is 0 Å². The van der Waals surface area contributed by atoms with Gasteiger partial charge in [-0.05, 0) is 47.5 Å². The van der Waals surface area contributed by atoms with Crippen LogP contribution in [0, 0.1) is 10.2 Å². The average molecular weight is 469 g/mol. The number of halogens is 1. The molecule has 33 heavy (non-hydrogen) atoms. The molecule has 0 atom stereocenters. The molecule has 0 aliphatic rings. The van der Waals surface area contributed by atoms with Crippen molar-refractivity contribution in [1.29, 1.82) is 0 Å². The van der Waals surface area contributed by atoms with Gasteiger partial charge in [0.2, 0.25) is 0 Å². The first-order chi connectivity index (χ1) is 15.8. The van der Waals surface area contributed by atoms with E-state index in [1.807, 2.05) is 72.8 Å². The zero-order valence-electron chi connectivity index (χ0n) is 17.9. The van der Waals surface area contributed by atoms with E-state index < -0.39 is 10.2 Å². The molecule has 4 aromatic rings. The van der Waals surface area contributed by atoms with E-state index in [4.69, 9.17) is 32.5 Å². The standard InChI is InChI=1S/C25H21O3.ClHO4/c1-26-21-11-8-18(9-12-21)10-14-25-23(19-6-4-3-5-7-19)17-20-16-22(27-2)13-15-24(20)28-25;2-1(3,4)5/h3-17H,1-2H3;(H,2,3,4,5)/q+1;/p-1. The second-order valence-electron chi connectivity index (χ2n) is 6.78. The van der Waals surface area contributed by atoms with Gasteiger partial charge in [0.25, 0.3) is 0 Å². The Morgan fingerprint density at radius 2 is 1.33 bits per heavy atom. The van der Waals surface area contributed by atoms with E-state index in [2.05, 4.69) is 18.2 Å². The van der Waals surface area contributed by atoms with Gasteiger partial charge in [-0.1, -0.05) is 42.5 Å². The first kappa shape index (κ1) is 24.2. The molecule has 0 saturated heterocycles. The van der Waals surface area contributed by atoms with Gasteiger partial charge in [0.1, 0.15) is 11.5 Å². The van der Waals surface area contributed by atoms with Gasteiger partial charge >= 0.3 is 11.3 Å². The second-order valence-corrected chi connectivity index (χ2v) is 7.53. The third-order valence-corrected chi connectivity index (χ3v) is 4.63. The lowest BCUT2D eigenvalue weighted by Crippen LogP contribution is -2.68. The predicted octanol–water partition coefficient (Wildman–Crippen LogP) is 1.81. The number of hydrogen-bond donors (Lipinski definition) is 0. The Bertz CT molecular complexity index is 1210. The third-order valence-electron chi connectivity index (χ3n) is 4.63. The van der Waals surface area contributed by atoms with Crippen molar-refractivity contribution in [3.05, 3.63) is 90.2 Å². The Balaban J connectivity index is 0.000000555. The van der Waals surface area contributed by atoms with Crippen LogP contribution in [-0.4, -0.2) is 14.2 Å². The highest BCUT2D eigenvalue weighted by Crippen LogP contribution is 2.32. The molecule has 0 radical (unpaired) electrons. The van der Waals surface area contributed by atoms with Gasteiger partial charge in [-0.3, -0.25) is 0 Å². The molecule has 0 saturated carbocycles. The molecule has 0 aliphatic heterocycles. The van der Waals surface area contributed by atoms with Crippen LogP contribution in [0.15, 0.2) is 83.3 Å². The van der Waals surface area contributed by atoms with Crippen molar-refractivity contribution in [3.63, 3.8) is 0 Å². The lowest BCUT2D eigenvalue weighted by atomic mass is 10.0. The molecule has 1 aromatic heterocycles. The normalized spacial score (nSPS) is 11.2. The molecule has 1 heterocycles. The Morgan fingerprint density at radius 3 is 1.94 bits per heavy atom. The minimum absolute atomic E-state index is 0.805. The molecule has 0 fully saturated rings. The molecule has 0 aliphatic carbocycles. The Labute approximate surface area is 193 Å². The Morgan fingerprint density at radius 1 is 0.727 bits per heavy atom. The summed E-state index contributed by atoms with van der Waals surface area (Å²) in [5, 5.41) is 1.000. The highest BCUT2D eigenvalue weighted by molar-refractivity contribution is 5.88. The summed E-state index contributed by atoms with van der Waals surface area (Å²) < 4.78 is 50.8. The fourth-order valence-electron chi connectivity index (χ4n) is 3.11. The van der Waals surface area contributed by atoms with Crippen molar-refractivity contribution >= 4 is 23.1 Å². The van der Waals surface area contributed by atoms with E-state index in [1.165, 1.54) is 0 Å². The van der Waals surface area contributed by atoms with Crippen LogP contribution in [0.4, 0.5) is 0 Å². The first-order valence-electron chi connectivity index (χ1n) is 9.71. The zero-order valence-corrected chi connectivity index (χ0v) is 18.7. The maximum Gasteiger partial charge on any atom is 0.361 e. The van der Waals surface area contributed by atoms with Gasteiger partial charge in [-0.2, -0.15) is 0 Å². The Hall–Kier alpha value is -3.46. The van der Waals surface area contributed by atoms with Crippen LogP contribution < -0.4 is 28.1 Å². The molecule has 0 unspecified atom stereocenters. The van der Waals surface area contributed by atoms with Crippen LogP contribution in [0.3, 0.4) is 0 Å². The molecule has 0 spiro atoms. The molecule has 4 rings (SSSR count). The van der Waals surface area contributed by atoms with E-state index in [-0.39, 0.29) is 0 Å². The van der Waals surface area contributed by atoms with Crippen molar-refractivity contribution < 1.29 is 42.8 Å². The highest BCUT2D eigenvalue weighted by Gasteiger charge is 2.19. The summed E-state index contributed by atoms with van der Waals surface area (Å²) in [4.78, 5) is 0. The SMILES string of the molecule is COc1ccc(C=Cc2[o+]c3ccc(OC)cc3cc2-c2ccccc2)cc1.[O-][Cl+3]([O-])([O-])[O-]. The third kappa shape index (κ3) is 7.28. The fraction of sp³-hybridized carbons (Fsp3) is 0.0800. The summed E-state index contributed by atoms with van der Waals surface area (Å²) in [5.41, 5.74) is 4.02. The van der Waals surface area contributed by atoms with E-state index >= 15 is 0 Å². The second kappa shape index (κ2) is 10.9. The summed E-state index contributed by atoms with van der Waals surface area (Å²) in [7, 11) is -1.61. The molecule has 0 amide bonds. The summed E-state index contributed by atoms with van der Waals surface area (Å²) in [6, 6.07) is 26.1. The molecule has 0 N–H and O–H groups in total.